The van der Waals surface area contributed by atoms with Crippen LogP contribution in [0.4, 0.5) is 5.69 Å². The van der Waals surface area contributed by atoms with Gasteiger partial charge in [0.25, 0.3) is 0 Å². The van der Waals surface area contributed by atoms with Gasteiger partial charge >= 0.3 is 0 Å². The van der Waals surface area contributed by atoms with Crippen LogP contribution >= 0.6 is 0 Å². The van der Waals surface area contributed by atoms with Crippen LogP contribution in [0.5, 0.6) is 0 Å². The van der Waals surface area contributed by atoms with Crippen molar-refractivity contribution in [2.75, 3.05) is 0 Å². The van der Waals surface area contributed by atoms with Crippen LogP contribution in [0.3, 0.4) is 0 Å². The van der Waals surface area contributed by atoms with E-state index in [4.69, 9.17) is 6.57 Å². The van der Waals surface area contributed by atoms with Crippen LogP contribution in [0.15, 0.2) is 176 Å². The van der Waals surface area contributed by atoms with E-state index in [0.29, 0.717) is 11.3 Å². The Morgan fingerprint density at radius 2 is 0.945 bits per heavy atom. The highest BCUT2D eigenvalue weighted by molar-refractivity contribution is 6.15. The third-order valence-electron chi connectivity index (χ3n) is 11.1. The van der Waals surface area contributed by atoms with Gasteiger partial charge in [0.2, 0.25) is 0 Å². The number of benzene rings is 8. The first-order valence-electron chi connectivity index (χ1n) is 18.3. The lowest BCUT2D eigenvalue weighted by molar-refractivity contribution is 1.13. The molecular weight excluding hydrogens is 671 g/mol. The molecule has 0 aliphatic rings. The average Bonchev–Trinajstić information content (AvgIpc) is 3.89. The van der Waals surface area contributed by atoms with E-state index in [0.717, 1.165) is 72.1 Å². The van der Waals surface area contributed by atoms with E-state index >= 15 is 0 Å². The summed E-state index contributed by atoms with van der Waals surface area (Å²) in [4.78, 5) is 3.70. The van der Waals surface area contributed by atoms with Crippen LogP contribution in [-0.4, -0.2) is 13.7 Å². The SMILES string of the molecule is [C-]#[N+]c1ccc2c(c1)c1ccccc1n2-c1cccc(-c2cccc(-n3c4ccccc4c4cccc(-n5c6ccccc6c6ccccc65)c43)c2)c1C#N. The van der Waals surface area contributed by atoms with Crippen LogP contribution in [-0.2, 0) is 0 Å². The van der Waals surface area contributed by atoms with Crippen molar-refractivity contribution in [3.8, 4) is 34.3 Å². The lowest BCUT2D eigenvalue weighted by atomic mass is 9.98. The molecule has 8 aromatic carbocycles. The van der Waals surface area contributed by atoms with Gasteiger partial charge in [-0.1, -0.05) is 115 Å². The molecule has 3 heterocycles. The van der Waals surface area contributed by atoms with Gasteiger partial charge in [0.15, 0.2) is 5.69 Å². The molecule has 3 aromatic heterocycles. The zero-order valence-electron chi connectivity index (χ0n) is 29.5. The number of nitriles is 1. The largest absolute Gasteiger partial charge is 0.308 e. The maximum Gasteiger partial charge on any atom is 0.188 e. The highest BCUT2D eigenvalue weighted by Gasteiger charge is 2.21. The van der Waals surface area contributed by atoms with Crippen LogP contribution in [0, 0.1) is 17.9 Å². The molecule has 0 aliphatic carbocycles. The minimum Gasteiger partial charge on any atom is -0.308 e. The summed E-state index contributed by atoms with van der Waals surface area (Å²) in [6, 6.07) is 63.8. The number of aromatic nitrogens is 3. The van der Waals surface area contributed by atoms with Gasteiger partial charge in [-0.2, -0.15) is 5.26 Å². The molecule has 11 aromatic rings. The highest BCUT2D eigenvalue weighted by Crippen LogP contribution is 2.41. The molecule has 0 saturated carbocycles. The summed E-state index contributed by atoms with van der Waals surface area (Å²) in [5.74, 6) is 0. The Balaban J connectivity index is 1.16. The van der Waals surface area contributed by atoms with Crippen LogP contribution in [0.2, 0.25) is 0 Å². The molecule has 0 radical (unpaired) electrons. The molecule has 0 amide bonds. The van der Waals surface area contributed by atoms with Crippen molar-refractivity contribution in [3.05, 3.63) is 193 Å². The molecule has 0 spiro atoms. The molecule has 0 fully saturated rings. The van der Waals surface area contributed by atoms with E-state index in [1.165, 1.54) is 21.5 Å². The maximum atomic E-state index is 10.9. The Bertz CT molecular complexity index is 3420. The van der Waals surface area contributed by atoms with Crippen LogP contribution < -0.4 is 0 Å². The summed E-state index contributed by atoms with van der Waals surface area (Å²) in [5, 5.41) is 17.8. The van der Waals surface area contributed by atoms with Gasteiger partial charge in [-0.05, 0) is 71.6 Å². The Morgan fingerprint density at radius 3 is 1.60 bits per heavy atom. The molecular formula is C50H29N5. The molecule has 0 N–H and O–H groups in total. The molecule has 0 atom stereocenters. The fourth-order valence-electron chi connectivity index (χ4n) is 8.82. The first kappa shape index (κ1) is 30.7. The minimum absolute atomic E-state index is 0.588. The molecule has 5 nitrogen and oxygen atoms in total. The van der Waals surface area contributed by atoms with Crippen molar-refractivity contribution < 1.29 is 0 Å². The van der Waals surface area contributed by atoms with Gasteiger partial charge in [0.05, 0.1) is 56.6 Å². The summed E-state index contributed by atoms with van der Waals surface area (Å²) in [6.07, 6.45) is 0. The standard InChI is InChI=1S/C50H29N5/c1-52-33-27-28-48-41(30-33)39-18-5-9-24-46(39)54(48)47-25-11-19-35(42(47)31-51)32-13-10-14-34(29-32)53-43-21-6-4-17-38(43)40-20-12-26-49(50(40)53)55-44-22-7-2-15-36(44)37-16-3-8-23-45(37)55/h2-30H. The lowest BCUT2D eigenvalue weighted by Crippen LogP contribution is -2.01. The molecule has 5 heteroatoms. The van der Waals surface area contributed by atoms with E-state index in [1.54, 1.807) is 0 Å². The molecule has 0 unspecified atom stereocenters. The van der Waals surface area contributed by atoms with Gasteiger partial charge in [-0.15, -0.1) is 0 Å². The predicted molar refractivity (Wildman–Crippen MR) is 226 cm³/mol. The summed E-state index contributed by atoms with van der Waals surface area (Å²) in [7, 11) is 0. The molecule has 11 rings (SSSR count). The van der Waals surface area contributed by atoms with Gasteiger partial charge in [0.1, 0.15) is 6.07 Å². The van der Waals surface area contributed by atoms with E-state index in [1.807, 2.05) is 48.5 Å². The second-order valence-electron chi connectivity index (χ2n) is 13.9. The predicted octanol–water partition coefficient (Wildman–Crippen LogP) is 13.1. The zero-order valence-corrected chi connectivity index (χ0v) is 29.5. The van der Waals surface area contributed by atoms with Crippen molar-refractivity contribution in [2.45, 2.75) is 0 Å². The Hall–Kier alpha value is -7.86. The summed E-state index contributed by atoms with van der Waals surface area (Å²) in [6.45, 7) is 7.63. The summed E-state index contributed by atoms with van der Waals surface area (Å²) in [5.41, 5.74) is 12.4. The molecule has 55 heavy (non-hydrogen) atoms. The average molecular weight is 700 g/mol. The third-order valence-corrected chi connectivity index (χ3v) is 11.1. The van der Waals surface area contributed by atoms with Crippen LogP contribution in [0.25, 0.3) is 98.5 Å². The first-order chi connectivity index (χ1) is 27.2. The van der Waals surface area contributed by atoms with Crippen molar-refractivity contribution in [2.24, 2.45) is 0 Å². The smallest absolute Gasteiger partial charge is 0.188 e. The van der Waals surface area contributed by atoms with E-state index in [2.05, 4.69) is 152 Å². The fourth-order valence-corrected chi connectivity index (χ4v) is 8.82. The maximum absolute atomic E-state index is 10.9. The molecule has 254 valence electrons. The third kappa shape index (κ3) is 4.39. The highest BCUT2D eigenvalue weighted by atomic mass is 15.1. The number of fused-ring (bicyclic) bond motifs is 9. The molecule has 0 bridgehead atoms. The summed E-state index contributed by atoms with van der Waals surface area (Å²) >= 11 is 0. The monoisotopic (exact) mass is 699 g/mol. The van der Waals surface area contributed by atoms with Crippen molar-refractivity contribution in [1.29, 1.82) is 5.26 Å². The quantitative estimate of drug-likeness (QED) is 0.169. The number of nitrogens with zero attached hydrogens (tertiary/aromatic N) is 5. The van der Waals surface area contributed by atoms with Gasteiger partial charge in [-0.3, -0.25) is 0 Å². The van der Waals surface area contributed by atoms with Gasteiger partial charge in [0, 0.05) is 38.2 Å². The van der Waals surface area contributed by atoms with Crippen LogP contribution in [0.1, 0.15) is 5.56 Å². The summed E-state index contributed by atoms with van der Waals surface area (Å²) < 4.78 is 6.94. The molecule has 0 saturated heterocycles. The lowest BCUT2D eigenvalue weighted by Gasteiger charge is -2.16. The Labute approximate surface area is 316 Å². The minimum atomic E-state index is 0.588. The normalized spacial score (nSPS) is 11.6. The number of para-hydroxylation sites is 5. The van der Waals surface area contributed by atoms with Gasteiger partial charge < -0.3 is 13.7 Å². The van der Waals surface area contributed by atoms with Crippen molar-refractivity contribution in [3.63, 3.8) is 0 Å². The molecule has 0 aliphatic heterocycles. The Morgan fingerprint density at radius 1 is 0.436 bits per heavy atom. The van der Waals surface area contributed by atoms with Crippen molar-refractivity contribution in [1.82, 2.24) is 13.7 Å². The number of hydrogen-bond acceptors (Lipinski definition) is 1. The second kappa shape index (κ2) is 11.8. The number of hydrogen-bond donors (Lipinski definition) is 0. The van der Waals surface area contributed by atoms with Gasteiger partial charge in [-0.25, -0.2) is 4.85 Å². The van der Waals surface area contributed by atoms with E-state index in [-0.39, 0.29) is 0 Å². The van der Waals surface area contributed by atoms with E-state index in [9.17, 15) is 5.26 Å². The number of rotatable bonds is 4. The van der Waals surface area contributed by atoms with Crippen molar-refractivity contribution >= 4 is 71.1 Å². The Kier molecular flexibility index (Phi) is 6.61. The fraction of sp³-hybridized carbons (Fsp3) is 0. The first-order valence-corrected chi connectivity index (χ1v) is 18.3. The second-order valence-corrected chi connectivity index (χ2v) is 13.9. The zero-order chi connectivity index (χ0) is 36.6. The van der Waals surface area contributed by atoms with E-state index < -0.39 is 0 Å². The topological polar surface area (TPSA) is 42.9 Å².